The molecule has 0 radical (unpaired) electrons. The SMILES string of the molecule is O=C(NCC1CCCOC1)c1ccc2nc[nH]c2c1. The van der Waals surface area contributed by atoms with E-state index in [0.29, 0.717) is 18.0 Å². The smallest absolute Gasteiger partial charge is 0.251 e. The van der Waals surface area contributed by atoms with Crippen LogP contribution in [0.5, 0.6) is 0 Å². The number of carbonyl (C=O) groups is 1. The molecular formula is C14H17N3O2. The second-order valence-corrected chi connectivity index (χ2v) is 4.93. The largest absolute Gasteiger partial charge is 0.381 e. The summed E-state index contributed by atoms with van der Waals surface area (Å²) in [6.07, 6.45) is 3.84. The maximum absolute atomic E-state index is 12.1. The molecule has 0 bridgehead atoms. The zero-order valence-corrected chi connectivity index (χ0v) is 10.7. The van der Waals surface area contributed by atoms with Gasteiger partial charge in [-0.25, -0.2) is 4.98 Å². The van der Waals surface area contributed by atoms with Crippen molar-refractivity contribution in [3.8, 4) is 0 Å². The van der Waals surface area contributed by atoms with Crippen LogP contribution in [-0.4, -0.2) is 35.6 Å². The van der Waals surface area contributed by atoms with Crippen LogP contribution in [0.25, 0.3) is 11.0 Å². The Morgan fingerprint density at radius 1 is 1.53 bits per heavy atom. The number of ether oxygens (including phenoxy) is 1. The first-order valence-electron chi connectivity index (χ1n) is 6.62. The maximum atomic E-state index is 12.1. The Morgan fingerprint density at radius 3 is 3.32 bits per heavy atom. The second kappa shape index (κ2) is 5.40. The van der Waals surface area contributed by atoms with Crippen LogP contribution in [0.3, 0.4) is 0 Å². The molecule has 2 N–H and O–H groups in total. The molecule has 5 nitrogen and oxygen atoms in total. The van der Waals surface area contributed by atoms with Crippen LogP contribution in [-0.2, 0) is 4.74 Å². The molecule has 1 unspecified atom stereocenters. The Morgan fingerprint density at radius 2 is 2.47 bits per heavy atom. The van der Waals surface area contributed by atoms with E-state index < -0.39 is 0 Å². The minimum absolute atomic E-state index is 0.0397. The summed E-state index contributed by atoms with van der Waals surface area (Å²) in [4.78, 5) is 19.2. The van der Waals surface area contributed by atoms with Crippen LogP contribution in [0.1, 0.15) is 23.2 Å². The molecule has 0 aliphatic carbocycles. The summed E-state index contributed by atoms with van der Waals surface area (Å²) in [5.74, 6) is 0.399. The van der Waals surface area contributed by atoms with Gasteiger partial charge in [-0.3, -0.25) is 4.79 Å². The van der Waals surface area contributed by atoms with Gasteiger partial charge in [0.1, 0.15) is 0 Å². The van der Waals surface area contributed by atoms with Gasteiger partial charge in [-0.05, 0) is 37.0 Å². The molecule has 5 heteroatoms. The van der Waals surface area contributed by atoms with Crippen LogP contribution in [0.4, 0.5) is 0 Å². The van der Waals surface area contributed by atoms with Gasteiger partial charge in [-0.15, -0.1) is 0 Å². The lowest BCUT2D eigenvalue weighted by molar-refractivity contribution is 0.0536. The molecule has 0 spiro atoms. The van der Waals surface area contributed by atoms with Crippen molar-refractivity contribution in [3.63, 3.8) is 0 Å². The highest BCUT2D eigenvalue weighted by molar-refractivity contribution is 5.97. The lowest BCUT2D eigenvalue weighted by Crippen LogP contribution is -2.33. The fraction of sp³-hybridized carbons (Fsp3) is 0.429. The summed E-state index contributed by atoms with van der Waals surface area (Å²) in [6.45, 7) is 2.28. The van der Waals surface area contributed by atoms with Crippen molar-refractivity contribution < 1.29 is 9.53 Å². The van der Waals surface area contributed by atoms with E-state index in [4.69, 9.17) is 4.74 Å². The van der Waals surface area contributed by atoms with Crippen molar-refractivity contribution >= 4 is 16.9 Å². The lowest BCUT2D eigenvalue weighted by atomic mass is 10.0. The van der Waals surface area contributed by atoms with Crippen molar-refractivity contribution in [2.24, 2.45) is 5.92 Å². The molecule has 1 aliphatic heterocycles. The number of nitrogens with one attached hydrogen (secondary N) is 2. The zero-order chi connectivity index (χ0) is 13.1. The number of fused-ring (bicyclic) bond motifs is 1. The maximum Gasteiger partial charge on any atom is 0.251 e. The van der Waals surface area contributed by atoms with Gasteiger partial charge in [-0.2, -0.15) is 0 Å². The molecule has 1 fully saturated rings. The van der Waals surface area contributed by atoms with E-state index in [-0.39, 0.29) is 5.91 Å². The van der Waals surface area contributed by atoms with E-state index in [2.05, 4.69) is 15.3 Å². The molecule has 1 saturated heterocycles. The molecule has 1 aromatic heterocycles. The summed E-state index contributed by atoms with van der Waals surface area (Å²) in [7, 11) is 0. The van der Waals surface area contributed by atoms with Crippen molar-refractivity contribution in [2.75, 3.05) is 19.8 Å². The summed E-state index contributed by atoms with van der Waals surface area (Å²) < 4.78 is 5.40. The van der Waals surface area contributed by atoms with Gasteiger partial charge in [0.2, 0.25) is 0 Å². The number of amides is 1. The number of aromatic nitrogens is 2. The fourth-order valence-electron chi connectivity index (χ4n) is 2.38. The number of H-pyrrole nitrogens is 1. The Balaban J connectivity index is 1.62. The predicted molar refractivity (Wildman–Crippen MR) is 72.0 cm³/mol. The Labute approximate surface area is 111 Å². The Bertz CT molecular complexity index is 573. The summed E-state index contributed by atoms with van der Waals surface area (Å²) in [5, 5.41) is 2.97. The predicted octanol–water partition coefficient (Wildman–Crippen LogP) is 1.72. The minimum atomic E-state index is -0.0397. The van der Waals surface area contributed by atoms with Crippen molar-refractivity contribution in [3.05, 3.63) is 30.1 Å². The standard InChI is InChI=1S/C14H17N3O2/c18-14(15-7-10-2-1-5-19-8-10)11-3-4-12-13(6-11)17-9-16-12/h3-4,6,9-10H,1-2,5,7-8H2,(H,15,18)(H,16,17). The third-order valence-corrected chi connectivity index (χ3v) is 3.49. The van der Waals surface area contributed by atoms with E-state index in [1.165, 1.54) is 0 Å². The quantitative estimate of drug-likeness (QED) is 0.882. The number of hydrogen-bond acceptors (Lipinski definition) is 3. The van der Waals surface area contributed by atoms with Gasteiger partial charge in [0.05, 0.1) is 24.0 Å². The highest BCUT2D eigenvalue weighted by atomic mass is 16.5. The third kappa shape index (κ3) is 2.76. The summed E-state index contributed by atoms with van der Waals surface area (Å²) in [5.41, 5.74) is 2.42. The number of aromatic amines is 1. The highest BCUT2D eigenvalue weighted by Crippen LogP contribution is 2.14. The number of benzene rings is 1. The first-order chi connectivity index (χ1) is 9.33. The molecule has 1 amide bonds. The van der Waals surface area contributed by atoms with Gasteiger partial charge in [0.25, 0.3) is 5.91 Å². The van der Waals surface area contributed by atoms with Crippen molar-refractivity contribution in [2.45, 2.75) is 12.8 Å². The van der Waals surface area contributed by atoms with Crippen LogP contribution < -0.4 is 5.32 Å². The fourth-order valence-corrected chi connectivity index (χ4v) is 2.38. The average Bonchev–Trinajstić information content (AvgIpc) is 2.93. The van der Waals surface area contributed by atoms with Crippen LogP contribution >= 0.6 is 0 Å². The zero-order valence-electron chi connectivity index (χ0n) is 10.7. The van der Waals surface area contributed by atoms with Crippen LogP contribution in [0, 0.1) is 5.92 Å². The summed E-state index contributed by atoms with van der Waals surface area (Å²) in [6, 6.07) is 5.48. The van der Waals surface area contributed by atoms with Crippen molar-refractivity contribution in [1.29, 1.82) is 0 Å². The molecule has 100 valence electrons. The van der Waals surface area contributed by atoms with Crippen LogP contribution in [0.15, 0.2) is 24.5 Å². The highest BCUT2D eigenvalue weighted by Gasteiger charge is 2.15. The topological polar surface area (TPSA) is 67.0 Å². The first kappa shape index (κ1) is 12.2. The molecule has 2 heterocycles. The van der Waals surface area contributed by atoms with Crippen molar-refractivity contribution in [1.82, 2.24) is 15.3 Å². The first-order valence-corrected chi connectivity index (χ1v) is 6.62. The molecule has 1 aliphatic rings. The number of hydrogen-bond donors (Lipinski definition) is 2. The van der Waals surface area contributed by atoms with Gasteiger partial charge < -0.3 is 15.0 Å². The van der Waals surface area contributed by atoms with Crippen LogP contribution in [0.2, 0.25) is 0 Å². The second-order valence-electron chi connectivity index (χ2n) is 4.93. The molecule has 2 aromatic rings. The molecule has 3 rings (SSSR count). The third-order valence-electron chi connectivity index (χ3n) is 3.49. The number of carbonyl (C=O) groups excluding carboxylic acids is 1. The average molecular weight is 259 g/mol. The number of imidazole rings is 1. The molecule has 1 atom stereocenters. The van der Waals surface area contributed by atoms with Gasteiger partial charge in [0.15, 0.2) is 0 Å². The monoisotopic (exact) mass is 259 g/mol. The minimum Gasteiger partial charge on any atom is -0.381 e. The normalized spacial score (nSPS) is 19.5. The Kier molecular flexibility index (Phi) is 3.46. The summed E-state index contributed by atoms with van der Waals surface area (Å²) >= 11 is 0. The van der Waals surface area contributed by atoms with E-state index in [9.17, 15) is 4.79 Å². The molecule has 1 aromatic carbocycles. The van der Waals surface area contributed by atoms with E-state index in [1.54, 1.807) is 12.4 Å². The molecular weight excluding hydrogens is 242 g/mol. The van der Waals surface area contributed by atoms with E-state index >= 15 is 0 Å². The van der Waals surface area contributed by atoms with Gasteiger partial charge in [0, 0.05) is 18.7 Å². The van der Waals surface area contributed by atoms with E-state index in [0.717, 1.165) is 37.1 Å². The number of rotatable bonds is 3. The Hall–Kier alpha value is -1.88. The lowest BCUT2D eigenvalue weighted by Gasteiger charge is -2.22. The molecule has 0 saturated carbocycles. The molecule has 19 heavy (non-hydrogen) atoms. The number of nitrogens with zero attached hydrogens (tertiary/aromatic N) is 1. The van der Waals surface area contributed by atoms with E-state index in [1.807, 2.05) is 12.1 Å². The van der Waals surface area contributed by atoms with Gasteiger partial charge >= 0.3 is 0 Å². The van der Waals surface area contributed by atoms with Gasteiger partial charge in [-0.1, -0.05) is 0 Å².